The van der Waals surface area contributed by atoms with Crippen LogP contribution in [-0.4, -0.2) is 189 Å². The van der Waals surface area contributed by atoms with Crippen LogP contribution < -0.4 is 21.7 Å². The minimum Gasteiger partial charge on any atom is -0.459 e. The molecule has 3 fully saturated rings. The van der Waals surface area contributed by atoms with Crippen molar-refractivity contribution < 1.29 is 63.1 Å². The lowest BCUT2D eigenvalue weighted by Crippen LogP contribution is -2.63. The van der Waals surface area contributed by atoms with E-state index in [1.807, 2.05) is 27.7 Å². The van der Waals surface area contributed by atoms with Gasteiger partial charge in [0.1, 0.15) is 48.6 Å². The number of carbonyl (C=O) groups is 8. The van der Waals surface area contributed by atoms with Gasteiger partial charge in [-0.3, -0.25) is 38.9 Å². The number of nitrogens with two attached hydrogens (primary N) is 1. The fourth-order valence-electron chi connectivity index (χ4n) is 9.67. The van der Waals surface area contributed by atoms with Gasteiger partial charge >= 0.3 is 11.9 Å². The van der Waals surface area contributed by atoms with Crippen LogP contribution in [-0.2, 0) is 47.8 Å². The molecule has 6 amide bonds. The number of aliphatic hydroxyl groups excluding tert-OH is 3. The topological polar surface area (TPSA) is 291 Å². The van der Waals surface area contributed by atoms with Crippen LogP contribution in [0.4, 0.5) is 0 Å². The SMILES string of the molecule is CC(C)C[C@@H]1NC(=O)[C@H](C(C)C)OC(=O)C[C@H](O)[C@H](C(C)C)NC(=O)[C@H](NC(O)[C@@H](CC(C)C)N(C)C(=O)[C@@H]2CCCN2C(=O)[C@@H](C)O)[C@H](C)OC(=O)[C@H](CCCCN)N(C)C(=O)[C@@H]2CCCN2C1=O. The monoisotopic (exact) mass is 995 g/mol. The highest BCUT2D eigenvalue weighted by atomic mass is 16.6. The molecule has 12 atom stereocenters. The summed E-state index contributed by atoms with van der Waals surface area (Å²) in [6.07, 6.45) is -5.01. The van der Waals surface area contributed by atoms with E-state index in [0.717, 1.165) is 0 Å². The number of nitrogens with zero attached hydrogens (tertiary/aromatic N) is 4. The summed E-state index contributed by atoms with van der Waals surface area (Å²) in [6.45, 7) is 17.7. The molecule has 1 unspecified atom stereocenters. The van der Waals surface area contributed by atoms with E-state index >= 15 is 0 Å². The fraction of sp³-hybridized carbons (Fsp3) is 0.837. The maximum Gasteiger partial charge on any atom is 0.329 e. The van der Waals surface area contributed by atoms with E-state index in [2.05, 4.69) is 16.0 Å². The number of esters is 2. The molecule has 21 heteroatoms. The molecule has 3 saturated heterocycles. The molecule has 0 saturated carbocycles. The quantitative estimate of drug-likeness (QED) is 0.0626. The highest BCUT2D eigenvalue weighted by Gasteiger charge is 2.45. The van der Waals surface area contributed by atoms with Crippen molar-refractivity contribution in [3.63, 3.8) is 0 Å². The smallest absolute Gasteiger partial charge is 0.329 e. The Balaban J connectivity index is 2.17. The average Bonchev–Trinajstić information content (AvgIpc) is 3.98. The van der Waals surface area contributed by atoms with E-state index in [4.69, 9.17) is 15.2 Å². The van der Waals surface area contributed by atoms with Crippen molar-refractivity contribution in [2.24, 2.45) is 29.4 Å². The summed E-state index contributed by atoms with van der Waals surface area (Å²) in [7, 11) is 2.92. The van der Waals surface area contributed by atoms with E-state index < -0.39 is 139 Å². The number of hydrogen-bond donors (Lipinski definition) is 7. The molecule has 3 aliphatic rings. The Morgan fingerprint density at radius 1 is 0.857 bits per heavy atom. The van der Waals surface area contributed by atoms with Crippen LogP contribution in [0.1, 0.15) is 133 Å². The largest absolute Gasteiger partial charge is 0.459 e. The van der Waals surface area contributed by atoms with Crippen LogP contribution in [0.15, 0.2) is 0 Å². The van der Waals surface area contributed by atoms with Gasteiger partial charge in [0.25, 0.3) is 11.8 Å². The van der Waals surface area contributed by atoms with E-state index in [1.54, 1.807) is 27.7 Å². The average molecular weight is 995 g/mol. The van der Waals surface area contributed by atoms with Gasteiger partial charge in [-0.2, -0.15) is 0 Å². The molecule has 0 aromatic heterocycles. The first-order valence-corrected chi connectivity index (χ1v) is 25.4. The van der Waals surface area contributed by atoms with Gasteiger partial charge < -0.3 is 60.8 Å². The first kappa shape index (κ1) is 59.9. The van der Waals surface area contributed by atoms with Crippen LogP contribution in [0, 0.1) is 23.7 Å². The number of nitrogens with one attached hydrogen (secondary N) is 3. The molecule has 3 heterocycles. The first-order valence-electron chi connectivity index (χ1n) is 25.4. The van der Waals surface area contributed by atoms with Crippen LogP contribution in [0.2, 0.25) is 0 Å². The first-order chi connectivity index (χ1) is 32.7. The Hall–Kier alpha value is -4.44. The van der Waals surface area contributed by atoms with Crippen LogP contribution in [0.25, 0.3) is 0 Å². The lowest BCUT2D eigenvalue weighted by Gasteiger charge is -2.39. The second-order valence-corrected chi connectivity index (χ2v) is 21.1. The van der Waals surface area contributed by atoms with Crippen molar-refractivity contribution >= 4 is 47.4 Å². The number of unbranched alkanes of at least 4 members (excludes halogenated alkanes) is 1. The second kappa shape index (κ2) is 27.4. The normalized spacial score (nSPS) is 28.6. The fourth-order valence-corrected chi connectivity index (χ4v) is 9.67. The Kier molecular flexibility index (Phi) is 23.4. The molecule has 8 N–H and O–H groups in total. The zero-order valence-corrected chi connectivity index (χ0v) is 43.7. The zero-order chi connectivity index (χ0) is 52.9. The molecular formula is C49H86N8O13. The summed E-state index contributed by atoms with van der Waals surface area (Å²) in [5.74, 6) is -6.89. The molecule has 400 valence electrons. The summed E-state index contributed by atoms with van der Waals surface area (Å²) >= 11 is 0. The minimum atomic E-state index is -1.67. The van der Waals surface area contributed by atoms with Gasteiger partial charge in [-0.15, -0.1) is 0 Å². The molecule has 3 aliphatic heterocycles. The maximum absolute atomic E-state index is 14.7. The number of carbonyl (C=O) groups excluding carboxylic acids is 8. The zero-order valence-electron chi connectivity index (χ0n) is 43.7. The lowest BCUT2D eigenvalue weighted by atomic mass is 9.95. The number of likely N-dealkylation sites (tertiary alicyclic amines) is 1. The van der Waals surface area contributed by atoms with E-state index in [0.29, 0.717) is 38.6 Å². The second-order valence-electron chi connectivity index (χ2n) is 21.1. The van der Waals surface area contributed by atoms with Gasteiger partial charge in [0.2, 0.25) is 23.6 Å². The van der Waals surface area contributed by atoms with Crippen molar-refractivity contribution in [1.29, 1.82) is 0 Å². The number of likely N-dealkylation sites (N-methyl/N-ethyl adjacent to an activating group) is 2. The Bertz CT molecular complexity index is 1800. The van der Waals surface area contributed by atoms with Crippen molar-refractivity contribution in [2.45, 2.75) is 206 Å². The van der Waals surface area contributed by atoms with Crippen molar-refractivity contribution in [1.82, 2.24) is 35.6 Å². The maximum atomic E-state index is 14.7. The van der Waals surface area contributed by atoms with Crippen molar-refractivity contribution in [3.05, 3.63) is 0 Å². The molecule has 21 nitrogen and oxygen atoms in total. The molecule has 0 aromatic rings. The molecule has 0 radical (unpaired) electrons. The summed E-state index contributed by atoms with van der Waals surface area (Å²) in [6, 6.07) is -7.97. The van der Waals surface area contributed by atoms with E-state index in [9.17, 15) is 53.7 Å². The Morgan fingerprint density at radius 2 is 1.50 bits per heavy atom. The van der Waals surface area contributed by atoms with Crippen molar-refractivity contribution in [3.8, 4) is 0 Å². The van der Waals surface area contributed by atoms with Gasteiger partial charge in [-0.25, -0.2) is 4.79 Å². The number of rotatable bonds is 16. The third kappa shape index (κ3) is 16.0. The van der Waals surface area contributed by atoms with Gasteiger partial charge in [0.05, 0.1) is 24.6 Å². The van der Waals surface area contributed by atoms with Gasteiger partial charge in [0, 0.05) is 27.2 Å². The number of cyclic esters (lactones) is 2. The number of hydrogen-bond acceptors (Lipinski definition) is 15. The van der Waals surface area contributed by atoms with Gasteiger partial charge in [-0.05, 0) is 102 Å². The third-order valence-electron chi connectivity index (χ3n) is 13.6. The molecule has 3 rings (SSSR count). The highest BCUT2D eigenvalue weighted by molar-refractivity contribution is 5.95. The summed E-state index contributed by atoms with van der Waals surface area (Å²) < 4.78 is 11.8. The number of ether oxygens (including phenoxy) is 2. The van der Waals surface area contributed by atoms with Gasteiger partial charge in [-0.1, -0.05) is 55.4 Å². The molecule has 0 spiro atoms. The number of aliphatic hydroxyl groups is 3. The summed E-state index contributed by atoms with van der Waals surface area (Å²) in [5, 5.41) is 42.3. The Labute approximate surface area is 414 Å². The van der Waals surface area contributed by atoms with E-state index in [-0.39, 0.29) is 50.6 Å². The Morgan fingerprint density at radius 3 is 2.07 bits per heavy atom. The molecule has 0 aromatic carbocycles. The molecule has 0 aliphatic carbocycles. The van der Waals surface area contributed by atoms with Crippen LogP contribution in [0.5, 0.6) is 0 Å². The highest BCUT2D eigenvalue weighted by Crippen LogP contribution is 2.27. The lowest BCUT2D eigenvalue weighted by molar-refractivity contribution is -0.163. The summed E-state index contributed by atoms with van der Waals surface area (Å²) in [5.41, 5.74) is 5.83. The number of amides is 6. The standard InChI is InChI=1S/C49H86N8O13/c1-26(2)23-32-46(65)57-22-16-19-34(57)47(66)54(11)35(17-13-14-20-50)49(68)69-31(10)40(43(62)52-39(28(5)6)37(59)25-38(60)70-41(29(7)8)44(63)51-32)53-42(61)36(24-27(3)4)55(12)48(67)33-18-15-21-56(33)45(64)30(9)58/h26-37,39-42,53,58-59,61H,13-25,50H2,1-12H3,(H,51,63)(H,52,62)/t30-,31+,32+,33+,34+,35+,36-,37+,39+,40-,41+,42?/m1/s1. The predicted molar refractivity (Wildman–Crippen MR) is 259 cm³/mol. The predicted octanol–water partition coefficient (Wildman–Crippen LogP) is 0.391. The summed E-state index contributed by atoms with van der Waals surface area (Å²) in [4.78, 5) is 118. The van der Waals surface area contributed by atoms with Crippen LogP contribution >= 0.6 is 0 Å². The molecule has 0 bridgehead atoms. The van der Waals surface area contributed by atoms with Crippen LogP contribution in [0.3, 0.4) is 0 Å². The number of fused-ring (bicyclic) bond motifs is 1. The van der Waals surface area contributed by atoms with Gasteiger partial charge in [0.15, 0.2) is 6.10 Å². The van der Waals surface area contributed by atoms with Crippen molar-refractivity contribution in [2.75, 3.05) is 33.7 Å². The molecular weight excluding hydrogens is 909 g/mol. The third-order valence-corrected chi connectivity index (χ3v) is 13.6. The minimum absolute atomic E-state index is 0.0784. The molecule has 70 heavy (non-hydrogen) atoms. The van der Waals surface area contributed by atoms with E-state index in [1.165, 1.54) is 47.5 Å².